The fraction of sp³-hybridized carbons (Fsp3) is 0.909. The van der Waals surface area contributed by atoms with E-state index in [9.17, 15) is 4.79 Å². The quantitative estimate of drug-likeness (QED) is 0.532. The summed E-state index contributed by atoms with van der Waals surface area (Å²) in [6, 6.07) is 1.36. The topological polar surface area (TPSA) is 35.5 Å². The Hall–Kier alpha value is -0.353. The van der Waals surface area contributed by atoms with Gasteiger partial charge in [0.05, 0.1) is 6.10 Å². The van der Waals surface area contributed by atoms with Crippen LogP contribution < -0.4 is 0 Å². The molecule has 3 atom stereocenters. The van der Waals surface area contributed by atoms with Crippen molar-refractivity contribution >= 4 is 16.2 Å². The Kier molecular flexibility index (Phi) is 5.32. The molecule has 15 heavy (non-hydrogen) atoms. The van der Waals surface area contributed by atoms with Crippen LogP contribution in [0.3, 0.4) is 0 Å². The largest absolute Gasteiger partial charge is 0.460 e. The Bertz CT molecular complexity index is 208. The smallest absolute Gasteiger partial charge is 0.302 e. The molecule has 0 heterocycles. The van der Waals surface area contributed by atoms with Crippen molar-refractivity contribution in [1.29, 1.82) is 0 Å². The minimum Gasteiger partial charge on any atom is -0.460 e. The number of carbonyl (C=O) groups excluding carboxylic acids is 1. The first-order valence-corrected chi connectivity index (χ1v) is 7.28. The molecular weight excluding hydrogens is 208 g/mol. The minimum atomic E-state index is -0.191. The van der Waals surface area contributed by atoms with Crippen LogP contribution >= 0.6 is 0 Å². The summed E-state index contributed by atoms with van der Waals surface area (Å²) < 4.78 is 10.7. The third-order valence-electron chi connectivity index (χ3n) is 3.16. The molecule has 0 amide bonds. The lowest BCUT2D eigenvalue weighted by Crippen LogP contribution is -2.38. The van der Waals surface area contributed by atoms with E-state index in [1.807, 2.05) is 0 Å². The first-order valence-electron chi connectivity index (χ1n) is 5.87. The number of rotatable bonds is 4. The molecule has 0 aliphatic heterocycles. The molecule has 4 heteroatoms. The van der Waals surface area contributed by atoms with E-state index in [-0.39, 0.29) is 18.2 Å². The van der Waals surface area contributed by atoms with Gasteiger partial charge in [-0.05, 0) is 25.2 Å². The Labute approximate surface area is 94.9 Å². The molecule has 1 saturated carbocycles. The van der Waals surface area contributed by atoms with Gasteiger partial charge in [0.1, 0.15) is 6.10 Å². The molecule has 1 fully saturated rings. The summed E-state index contributed by atoms with van der Waals surface area (Å²) in [6.07, 6.45) is 4.61. The zero-order chi connectivity index (χ0) is 11.3. The summed E-state index contributed by atoms with van der Waals surface area (Å²) in [5, 5.41) is 0. The van der Waals surface area contributed by atoms with Gasteiger partial charge in [-0.1, -0.05) is 12.5 Å². The standard InChI is InChI=1S/C11H22O3Si/c1-8(12)14-10-4-3-9(5-6-15)7-11(10)13-2/h9-11H,3-7H2,1-2,15H3. The van der Waals surface area contributed by atoms with Crippen molar-refractivity contribution in [3.63, 3.8) is 0 Å². The van der Waals surface area contributed by atoms with Gasteiger partial charge in [-0.15, -0.1) is 0 Å². The average Bonchev–Trinajstić information content (AvgIpc) is 2.20. The van der Waals surface area contributed by atoms with E-state index in [1.54, 1.807) is 7.11 Å². The van der Waals surface area contributed by atoms with Crippen molar-refractivity contribution in [3.8, 4) is 0 Å². The molecule has 0 aromatic rings. The number of ether oxygens (including phenoxy) is 2. The van der Waals surface area contributed by atoms with Crippen LogP contribution in [-0.2, 0) is 14.3 Å². The molecular formula is C11H22O3Si. The van der Waals surface area contributed by atoms with Gasteiger partial charge in [0.2, 0.25) is 0 Å². The second-order valence-corrected chi connectivity index (χ2v) is 5.39. The number of esters is 1. The highest BCUT2D eigenvalue weighted by atomic mass is 28.1. The van der Waals surface area contributed by atoms with Crippen LogP contribution in [0.25, 0.3) is 0 Å². The van der Waals surface area contributed by atoms with E-state index in [2.05, 4.69) is 0 Å². The van der Waals surface area contributed by atoms with Crippen LogP contribution in [0, 0.1) is 5.92 Å². The Balaban J connectivity index is 2.45. The van der Waals surface area contributed by atoms with Crippen molar-refractivity contribution < 1.29 is 14.3 Å². The van der Waals surface area contributed by atoms with Gasteiger partial charge >= 0.3 is 5.97 Å². The minimum absolute atomic E-state index is 0.0159. The predicted molar refractivity (Wildman–Crippen MR) is 63.1 cm³/mol. The first-order chi connectivity index (χ1) is 7.17. The van der Waals surface area contributed by atoms with Gasteiger partial charge in [-0.3, -0.25) is 4.79 Å². The third kappa shape index (κ3) is 3.95. The zero-order valence-electron chi connectivity index (χ0n) is 9.99. The van der Waals surface area contributed by atoms with Gasteiger partial charge in [0.25, 0.3) is 0 Å². The predicted octanol–water partition coefficient (Wildman–Crippen LogP) is 0.907. The van der Waals surface area contributed by atoms with Crippen LogP contribution in [0.1, 0.15) is 32.6 Å². The lowest BCUT2D eigenvalue weighted by Gasteiger charge is -2.34. The van der Waals surface area contributed by atoms with Crippen LogP contribution in [0.5, 0.6) is 0 Å². The second-order valence-electron chi connectivity index (χ2n) is 4.39. The molecule has 0 aromatic carbocycles. The van der Waals surface area contributed by atoms with Crippen molar-refractivity contribution in [3.05, 3.63) is 0 Å². The van der Waals surface area contributed by atoms with E-state index in [0.29, 0.717) is 0 Å². The maximum atomic E-state index is 10.9. The Morgan fingerprint density at radius 2 is 2.13 bits per heavy atom. The highest BCUT2D eigenvalue weighted by Gasteiger charge is 2.32. The van der Waals surface area contributed by atoms with E-state index in [4.69, 9.17) is 9.47 Å². The molecule has 0 bridgehead atoms. The van der Waals surface area contributed by atoms with Gasteiger partial charge in [-0.25, -0.2) is 0 Å². The van der Waals surface area contributed by atoms with Crippen LogP contribution in [0.15, 0.2) is 0 Å². The normalized spacial score (nSPS) is 31.5. The van der Waals surface area contributed by atoms with Crippen molar-refractivity contribution in [2.24, 2.45) is 5.92 Å². The number of hydrogen-bond donors (Lipinski definition) is 0. The van der Waals surface area contributed by atoms with E-state index in [0.717, 1.165) is 18.8 Å². The SMILES string of the molecule is COC1CC(CC[SiH3])CCC1OC(C)=O. The molecule has 0 radical (unpaired) electrons. The van der Waals surface area contributed by atoms with Crippen LogP contribution in [0.4, 0.5) is 0 Å². The maximum absolute atomic E-state index is 10.9. The molecule has 1 aliphatic rings. The average molecular weight is 230 g/mol. The van der Waals surface area contributed by atoms with Gasteiger partial charge in [0.15, 0.2) is 0 Å². The van der Waals surface area contributed by atoms with Crippen molar-refractivity contribution in [2.45, 2.75) is 50.9 Å². The summed E-state index contributed by atoms with van der Waals surface area (Å²) in [5.41, 5.74) is 0. The fourth-order valence-electron chi connectivity index (χ4n) is 2.45. The lowest BCUT2D eigenvalue weighted by atomic mass is 9.83. The van der Waals surface area contributed by atoms with Gasteiger partial charge in [0, 0.05) is 24.3 Å². The van der Waals surface area contributed by atoms with E-state index < -0.39 is 0 Å². The lowest BCUT2D eigenvalue weighted by molar-refractivity contribution is -0.158. The van der Waals surface area contributed by atoms with Crippen molar-refractivity contribution in [2.75, 3.05) is 7.11 Å². The molecule has 0 spiro atoms. The molecule has 0 aromatic heterocycles. The molecule has 3 nitrogen and oxygen atoms in total. The highest BCUT2D eigenvalue weighted by molar-refractivity contribution is 6.08. The van der Waals surface area contributed by atoms with Gasteiger partial charge < -0.3 is 9.47 Å². The second kappa shape index (κ2) is 6.28. The molecule has 3 unspecified atom stereocenters. The Morgan fingerprint density at radius 3 is 2.67 bits per heavy atom. The van der Waals surface area contributed by atoms with E-state index in [1.165, 1.54) is 36.1 Å². The van der Waals surface area contributed by atoms with Gasteiger partial charge in [-0.2, -0.15) is 0 Å². The first kappa shape index (κ1) is 12.7. The summed E-state index contributed by atoms with van der Waals surface area (Å²) in [5.74, 6) is 0.586. The highest BCUT2D eigenvalue weighted by Crippen LogP contribution is 2.31. The molecule has 88 valence electrons. The molecule has 0 saturated heterocycles. The van der Waals surface area contributed by atoms with Crippen molar-refractivity contribution in [1.82, 2.24) is 0 Å². The summed E-state index contributed by atoms with van der Waals surface area (Å²) in [6.45, 7) is 1.47. The molecule has 1 aliphatic carbocycles. The summed E-state index contributed by atoms with van der Waals surface area (Å²) in [7, 11) is 3.00. The number of hydrogen-bond acceptors (Lipinski definition) is 3. The van der Waals surface area contributed by atoms with E-state index >= 15 is 0 Å². The van der Waals surface area contributed by atoms with Crippen LogP contribution in [-0.4, -0.2) is 35.5 Å². The monoisotopic (exact) mass is 230 g/mol. The summed E-state index contributed by atoms with van der Waals surface area (Å²) in [4.78, 5) is 10.9. The fourth-order valence-corrected chi connectivity index (χ4v) is 3.27. The maximum Gasteiger partial charge on any atom is 0.302 e. The van der Waals surface area contributed by atoms with Crippen LogP contribution in [0.2, 0.25) is 6.04 Å². The zero-order valence-corrected chi connectivity index (χ0v) is 12.0. The number of methoxy groups -OCH3 is 1. The Morgan fingerprint density at radius 1 is 1.40 bits per heavy atom. The number of carbonyl (C=O) groups is 1. The molecule has 1 rings (SSSR count). The molecule has 0 N–H and O–H groups in total. The summed E-state index contributed by atoms with van der Waals surface area (Å²) >= 11 is 0. The third-order valence-corrected chi connectivity index (χ3v) is 3.73.